The molecule has 1 saturated heterocycles. The molecule has 1 heterocycles. The van der Waals surface area contributed by atoms with Crippen LogP contribution in [0.5, 0.6) is 0 Å². The number of likely N-dealkylation sites (tertiary alicyclic amines) is 1. The summed E-state index contributed by atoms with van der Waals surface area (Å²) in [6.45, 7) is 6.94. The predicted molar refractivity (Wildman–Crippen MR) is 99.9 cm³/mol. The number of carbonyl (C=O) groups is 2. The van der Waals surface area contributed by atoms with Crippen molar-refractivity contribution in [2.45, 2.75) is 40.0 Å². The molecule has 1 fully saturated rings. The van der Waals surface area contributed by atoms with Crippen molar-refractivity contribution in [2.75, 3.05) is 25.0 Å². The average molecular weight is 367 g/mol. The van der Waals surface area contributed by atoms with Crippen molar-refractivity contribution in [3.63, 3.8) is 0 Å². The standard InChI is InChI=1S/C19H27ClN2O3/c1-13(2)10-19(12-23)7-4-8-22(11-19)18(25)16-9-15(21-14(3)24)5-6-17(16)20/h5-6,9,13,23H,4,7-8,10-12H2,1-3H3,(H,21,24). The Morgan fingerprint density at radius 3 is 2.72 bits per heavy atom. The Hall–Kier alpha value is -1.59. The van der Waals surface area contributed by atoms with Gasteiger partial charge in [-0.3, -0.25) is 9.59 Å². The fraction of sp³-hybridized carbons (Fsp3) is 0.579. The van der Waals surface area contributed by atoms with E-state index >= 15 is 0 Å². The molecule has 2 rings (SSSR count). The van der Waals surface area contributed by atoms with Gasteiger partial charge in [0, 0.05) is 31.1 Å². The summed E-state index contributed by atoms with van der Waals surface area (Å²) in [5.74, 6) is 0.0993. The van der Waals surface area contributed by atoms with Crippen molar-refractivity contribution in [1.82, 2.24) is 4.90 Å². The summed E-state index contributed by atoms with van der Waals surface area (Å²) in [6.07, 6.45) is 2.67. The maximum Gasteiger partial charge on any atom is 0.255 e. The highest BCUT2D eigenvalue weighted by molar-refractivity contribution is 6.34. The first-order valence-electron chi connectivity index (χ1n) is 8.73. The molecule has 6 heteroatoms. The van der Waals surface area contributed by atoms with E-state index in [1.54, 1.807) is 23.1 Å². The van der Waals surface area contributed by atoms with Crippen LogP contribution < -0.4 is 5.32 Å². The zero-order valence-corrected chi connectivity index (χ0v) is 15.9. The number of halogens is 1. The third kappa shape index (κ3) is 4.95. The topological polar surface area (TPSA) is 69.6 Å². The molecule has 5 nitrogen and oxygen atoms in total. The minimum absolute atomic E-state index is 0.0780. The van der Waals surface area contributed by atoms with Gasteiger partial charge in [-0.2, -0.15) is 0 Å². The van der Waals surface area contributed by atoms with E-state index in [1.165, 1.54) is 6.92 Å². The molecule has 1 aromatic carbocycles. The molecule has 1 aliphatic heterocycles. The van der Waals surface area contributed by atoms with Crippen LogP contribution in [0.4, 0.5) is 5.69 Å². The molecule has 138 valence electrons. The highest BCUT2D eigenvalue weighted by Gasteiger charge is 2.37. The lowest BCUT2D eigenvalue weighted by Crippen LogP contribution is -2.48. The van der Waals surface area contributed by atoms with Crippen molar-refractivity contribution < 1.29 is 14.7 Å². The number of nitrogens with zero attached hydrogens (tertiary/aromatic N) is 1. The Morgan fingerprint density at radius 2 is 2.12 bits per heavy atom. The van der Waals surface area contributed by atoms with Gasteiger partial charge in [-0.15, -0.1) is 0 Å². The Kier molecular flexibility index (Phi) is 6.47. The van der Waals surface area contributed by atoms with E-state index in [1.807, 2.05) is 0 Å². The number of piperidine rings is 1. The van der Waals surface area contributed by atoms with Gasteiger partial charge in [0.05, 0.1) is 17.2 Å². The maximum atomic E-state index is 13.0. The lowest BCUT2D eigenvalue weighted by molar-refractivity contribution is -0.114. The molecule has 1 aliphatic rings. The number of carbonyl (C=O) groups excluding carboxylic acids is 2. The van der Waals surface area contributed by atoms with Gasteiger partial charge in [-0.25, -0.2) is 0 Å². The summed E-state index contributed by atoms with van der Waals surface area (Å²) in [6, 6.07) is 4.91. The first-order chi connectivity index (χ1) is 11.8. The minimum Gasteiger partial charge on any atom is -0.396 e. The van der Waals surface area contributed by atoms with E-state index in [-0.39, 0.29) is 23.8 Å². The molecule has 0 bridgehead atoms. The molecule has 2 amide bonds. The number of aliphatic hydroxyl groups is 1. The summed E-state index contributed by atoms with van der Waals surface area (Å²) < 4.78 is 0. The van der Waals surface area contributed by atoms with Crippen molar-refractivity contribution >= 4 is 29.1 Å². The SMILES string of the molecule is CC(=O)Nc1ccc(Cl)c(C(=O)N2CCCC(CO)(CC(C)C)C2)c1. The molecule has 1 atom stereocenters. The molecular formula is C19H27ClN2O3. The quantitative estimate of drug-likeness (QED) is 0.837. The van der Waals surface area contributed by atoms with Crippen molar-refractivity contribution in [1.29, 1.82) is 0 Å². The molecule has 1 unspecified atom stereocenters. The Bertz CT molecular complexity index is 648. The van der Waals surface area contributed by atoms with Gasteiger partial charge in [0.1, 0.15) is 0 Å². The van der Waals surface area contributed by atoms with Gasteiger partial charge in [0.25, 0.3) is 5.91 Å². The van der Waals surface area contributed by atoms with E-state index in [0.29, 0.717) is 35.3 Å². The van der Waals surface area contributed by atoms with Crippen molar-refractivity contribution in [3.8, 4) is 0 Å². The number of rotatable bonds is 5. The van der Waals surface area contributed by atoms with Gasteiger partial charge in [-0.05, 0) is 43.4 Å². The van der Waals surface area contributed by atoms with Crippen molar-refractivity contribution in [2.24, 2.45) is 11.3 Å². The van der Waals surface area contributed by atoms with Gasteiger partial charge in [0.15, 0.2) is 0 Å². The molecule has 0 spiro atoms. The van der Waals surface area contributed by atoms with E-state index in [0.717, 1.165) is 19.3 Å². The lowest BCUT2D eigenvalue weighted by Gasteiger charge is -2.43. The summed E-state index contributed by atoms with van der Waals surface area (Å²) >= 11 is 6.23. The van der Waals surface area contributed by atoms with Crippen LogP contribution in [0.15, 0.2) is 18.2 Å². The molecule has 0 saturated carbocycles. The van der Waals surface area contributed by atoms with Crippen LogP contribution in [-0.4, -0.2) is 41.5 Å². The van der Waals surface area contributed by atoms with Gasteiger partial charge >= 0.3 is 0 Å². The van der Waals surface area contributed by atoms with Crippen LogP contribution in [0.25, 0.3) is 0 Å². The second kappa shape index (κ2) is 8.19. The third-order valence-electron chi connectivity index (χ3n) is 4.64. The highest BCUT2D eigenvalue weighted by atomic mass is 35.5. The van der Waals surface area contributed by atoms with E-state index in [2.05, 4.69) is 19.2 Å². The van der Waals surface area contributed by atoms with Crippen LogP contribution in [0.2, 0.25) is 5.02 Å². The molecular weight excluding hydrogens is 340 g/mol. The van der Waals surface area contributed by atoms with Crippen LogP contribution in [0.3, 0.4) is 0 Å². The summed E-state index contributed by atoms with van der Waals surface area (Å²) in [5.41, 5.74) is 0.683. The number of hydrogen-bond acceptors (Lipinski definition) is 3. The van der Waals surface area contributed by atoms with Gasteiger partial charge in [-0.1, -0.05) is 25.4 Å². The number of aliphatic hydroxyl groups excluding tert-OH is 1. The fourth-order valence-corrected chi connectivity index (χ4v) is 3.95. The average Bonchev–Trinajstić information content (AvgIpc) is 2.55. The first-order valence-corrected chi connectivity index (χ1v) is 9.11. The molecule has 0 aliphatic carbocycles. The van der Waals surface area contributed by atoms with Gasteiger partial charge in [0.2, 0.25) is 5.91 Å². The number of benzene rings is 1. The molecule has 25 heavy (non-hydrogen) atoms. The predicted octanol–water partition coefficient (Wildman–Crippen LogP) is 3.56. The first kappa shape index (κ1) is 19.7. The largest absolute Gasteiger partial charge is 0.396 e. The second-order valence-corrected chi connectivity index (χ2v) is 7.87. The third-order valence-corrected chi connectivity index (χ3v) is 4.97. The van der Waals surface area contributed by atoms with E-state index in [4.69, 9.17) is 11.6 Å². The normalized spacial score (nSPS) is 20.6. The molecule has 1 aromatic rings. The Balaban J connectivity index is 2.23. The monoisotopic (exact) mass is 366 g/mol. The molecule has 0 radical (unpaired) electrons. The number of anilines is 1. The molecule has 2 N–H and O–H groups in total. The summed E-state index contributed by atoms with van der Waals surface area (Å²) in [4.78, 5) is 26.0. The fourth-order valence-electron chi connectivity index (χ4n) is 3.75. The zero-order chi connectivity index (χ0) is 18.6. The maximum absolute atomic E-state index is 13.0. The number of amides is 2. The van der Waals surface area contributed by atoms with Crippen LogP contribution in [0.1, 0.15) is 50.4 Å². The zero-order valence-electron chi connectivity index (χ0n) is 15.1. The van der Waals surface area contributed by atoms with Crippen LogP contribution >= 0.6 is 11.6 Å². The lowest BCUT2D eigenvalue weighted by atomic mass is 9.74. The molecule has 0 aromatic heterocycles. The van der Waals surface area contributed by atoms with Crippen molar-refractivity contribution in [3.05, 3.63) is 28.8 Å². The Morgan fingerprint density at radius 1 is 1.40 bits per heavy atom. The smallest absolute Gasteiger partial charge is 0.255 e. The van der Waals surface area contributed by atoms with E-state index < -0.39 is 0 Å². The summed E-state index contributed by atoms with van der Waals surface area (Å²) in [5, 5.41) is 13.0. The van der Waals surface area contributed by atoms with Gasteiger partial charge < -0.3 is 15.3 Å². The number of nitrogens with one attached hydrogen (secondary N) is 1. The summed E-state index contributed by atoms with van der Waals surface area (Å²) in [7, 11) is 0. The minimum atomic E-state index is -0.246. The Labute approximate surface area is 154 Å². The van der Waals surface area contributed by atoms with E-state index in [9.17, 15) is 14.7 Å². The van der Waals surface area contributed by atoms with Crippen LogP contribution in [0, 0.1) is 11.3 Å². The second-order valence-electron chi connectivity index (χ2n) is 7.46. The number of hydrogen-bond donors (Lipinski definition) is 2. The van der Waals surface area contributed by atoms with Crippen LogP contribution in [-0.2, 0) is 4.79 Å². The highest BCUT2D eigenvalue weighted by Crippen LogP contribution is 2.36.